The molecule has 1 aliphatic rings. The van der Waals surface area contributed by atoms with Crippen molar-refractivity contribution in [3.63, 3.8) is 0 Å². The topological polar surface area (TPSA) is 27.7 Å². The van der Waals surface area contributed by atoms with Crippen LogP contribution in [0.5, 0.6) is 0 Å². The molecule has 0 aromatic heterocycles. The molecular weight excluding hydrogens is 369 g/mol. The zero-order valence-corrected chi connectivity index (χ0v) is 18.7. The molecule has 1 saturated heterocycles. The molecule has 3 nitrogen and oxygen atoms in total. The van der Waals surface area contributed by atoms with Gasteiger partial charge in [-0.2, -0.15) is 0 Å². The maximum Gasteiger partial charge on any atom is 0.467 e. The maximum absolute atomic E-state index is 6.37. The summed E-state index contributed by atoms with van der Waals surface area (Å²) in [4.78, 5) is 0. The summed E-state index contributed by atoms with van der Waals surface area (Å²) in [6.07, 6.45) is 0. The Hall–Kier alpha value is -2.27. The highest BCUT2D eigenvalue weighted by atomic mass is 16.7. The van der Waals surface area contributed by atoms with Crippen molar-refractivity contribution >= 4 is 37.7 Å². The summed E-state index contributed by atoms with van der Waals surface area (Å²) in [5.41, 5.74) is 10.2. The Morgan fingerprint density at radius 1 is 0.433 bits per heavy atom. The summed E-state index contributed by atoms with van der Waals surface area (Å²) in [5.74, 6) is 0. The van der Waals surface area contributed by atoms with Crippen molar-refractivity contribution in [2.24, 2.45) is 0 Å². The van der Waals surface area contributed by atoms with Crippen LogP contribution in [0.1, 0.15) is 33.4 Å². The van der Waals surface area contributed by atoms with Gasteiger partial charge in [-0.05, 0) is 57.9 Å². The second kappa shape index (κ2) is 8.46. The lowest BCUT2D eigenvalue weighted by atomic mass is 9.59. The van der Waals surface area contributed by atoms with Crippen LogP contribution in [0.4, 0.5) is 0 Å². The largest absolute Gasteiger partial charge is 0.467 e. The van der Waals surface area contributed by atoms with Crippen LogP contribution in [0, 0.1) is 41.5 Å². The molecule has 1 aliphatic heterocycles. The molecule has 0 aliphatic carbocycles. The molecule has 6 heteroatoms. The first-order valence-electron chi connectivity index (χ1n) is 10.5. The standard InChI is InChI=1S/C24H27B3O3/c1-16-7-10-22(19(4)13-16)25-28-26(23-11-8-17(2)14-20(23)5)30-27(29-25)24-12-9-18(3)15-21(24)6/h7-15H,1-6H3. The molecule has 4 rings (SSSR count). The second-order valence-electron chi connectivity index (χ2n) is 8.48. The Balaban J connectivity index is 1.75. The molecule has 0 amide bonds. The fraction of sp³-hybridized carbons (Fsp3) is 0.250. The van der Waals surface area contributed by atoms with Crippen molar-refractivity contribution in [3.8, 4) is 0 Å². The Morgan fingerprint density at radius 3 is 0.933 bits per heavy atom. The van der Waals surface area contributed by atoms with Gasteiger partial charge >= 0.3 is 21.4 Å². The summed E-state index contributed by atoms with van der Waals surface area (Å²) in [6, 6.07) is 19.1. The first-order valence-corrected chi connectivity index (χ1v) is 10.5. The molecule has 1 fully saturated rings. The van der Waals surface area contributed by atoms with Crippen molar-refractivity contribution in [2.45, 2.75) is 41.5 Å². The number of rotatable bonds is 3. The van der Waals surface area contributed by atoms with E-state index in [-0.39, 0.29) is 0 Å². The van der Waals surface area contributed by atoms with E-state index in [4.69, 9.17) is 13.7 Å². The molecule has 0 unspecified atom stereocenters. The maximum atomic E-state index is 6.37. The van der Waals surface area contributed by atoms with Crippen LogP contribution in [0.3, 0.4) is 0 Å². The molecule has 0 N–H and O–H groups in total. The van der Waals surface area contributed by atoms with E-state index in [9.17, 15) is 0 Å². The SMILES string of the molecule is Cc1ccc(B2OB(c3ccc(C)cc3C)OB(c3ccc(C)cc3C)O2)c(C)c1. The molecule has 3 aromatic rings. The number of aryl methyl sites for hydroxylation is 6. The number of benzene rings is 3. The summed E-state index contributed by atoms with van der Waals surface area (Å²) in [5, 5.41) is 0. The summed E-state index contributed by atoms with van der Waals surface area (Å²) < 4.78 is 19.1. The van der Waals surface area contributed by atoms with Gasteiger partial charge in [0, 0.05) is 0 Å². The Labute approximate surface area is 181 Å². The zero-order chi connectivity index (χ0) is 21.4. The van der Waals surface area contributed by atoms with Crippen molar-refractivity contribution in [1.82, 2.24) is 0 Å². The summed E-state index contributed by atoms with van der Waals surface area (Å²) >= 11 is 0. The normalized spacial score (nSPS) is 14.4. The third-order valence-electron chi connectivity index (χ3n) is 5.78. The van der Waals surface area contributed by atoms with Gasteiger partial charge in [0.15, 0.2) is 0 Å². The molecule has 0 saturated carbocycles. The Morgan fingerprint density at radius 2 is 0.700 bits per heavy atom. The fourth-order valence-electron chi connectivity index (χ4n) is 4.14. The van der Waals surface area contributed by atoms with Gasteiger partial charge in [-0.1, -0.05) is 88.0 Å². The summed E-state index contributed by atoms with van der Waals surface area (Å²) in [6.45, 7) is 12.6. The molecular formula is C24H27B3O3. The predicted molar refractivity (Wildman–Crippen MR) is 127 cm³/mol. The quantitative estimate of drug-likeness (QED) is 0.638. The minimum absolute atomic E-state index is 0.504. The highest BCUT2D eigenvalue weighted by Crippen LogP contribution is 2.15. The van der Waals surface area contributed by atoms with E-state index in [0.29, 0.717) is 0 Å². The van der Waals surface area contributed by atoms with E-state index in [1.807, 2.05) is 0 Å². The molecule has 0 spiro atoms. The van der Waals surface area contributed by atoms with Crippen LogP contribution < -0.4 is 16.4 Å². The smallest absolute Gasteiger partial charge is 0.445 e. The number of hydrogen-bond donors (Lipinski definition) is 0. The van der Waals surface area contributed by atoms with Gasteiger partial charge in [-0.15, -0.1) is 0 Å². The monoisotopic (exact) mass is 396 g/mol. The highest BCUT2D eigenvalue weighted by Gasteiger charge is 2.44. The van der Waals surface area contributed by atoms with E-state index >= 15 is 0 Å². The van der Waals surface area contributed by atoms with Crippen LogP contribution >= 0.6 is 0 Å². The van der Waals surface area contributed by atoms with Crippen molar-refractivity contribution in [2.75, 3.05) is 0 Å². The first-order chi connectivity index (χ1) is 14.3. The van der Waals surface area contributed by atoms with Crippen LogP contribution in [-0.2, 0) is 13.7 Å². The molecule has 0 radical (unpaired) electrons. The minimum Gasteiger partial charge on any atom is -0.445 e. The van der Waals surface area contributed by atoms with Crippen LogP contribution in [0.2, 0.25) is 0 Å². The molecule has 3 aromatic carbocycles. The number of hydrogen-bond acceptors (Lipinski definition) is 3. The van der Waals surface area contributed by atoms with Gasteiger partial charge in [0.25, 0.3) is 0 Å². The average molecular weight is 396 g/mol. The first kappa shape index (κ1) is 21.0. The molecule has 0 atom stereocenters. The van der Waals surface area contributed by atoms with Gasteiger partial charge in [-0.3, -0.25) is 0 Å². The van der Waals surface area contributed by atoms with E-state index in [0.717, 1.165) is 33.1 Å². The van der Waals surface area contributed by atoms with E-state index in [2.05, 4.69) is 96.1 Å². The zero-order valence-electron chi connectivity index (χ0n) is 18.7. The predicted octanol–water partition coefficient (Wildman–Crippen LogP) is 3.09. The Kier molecular flexibility index (Phi) is 5.92. The third-order valence-corrected chi connectivity index (χ3v) is 5.78. The Bertz CT molecular complexity index is 941. The van der Waals surface area contributed by atoms with Crippen molar-refractivity contribution < 1.29 is 13.7 Å². The molecule has 1 heterocycles. The van der Waals surface area contributed by atoms with Crippen LogP contribution in [0.15, 0.2) is 54.6 Å². The van der Waals surface area contributed by atoms with Gasteiger partial charge in [-0.25, -0.2) is 0 Å². The highest BCUT2D eigenvalue weighted by molar-refractivity contribution is 6.87. The van der Waals surface area contributed by atoms with Crippen LogP contribution in [0.25, 0.3) is 0 Å². The van der Waals surface area contributed by atoms with E-state index in [1.165, 1.54) is 16.7 Å². The van der Waals surface area contributed by atoms with Crippen molar-refractivity contribution in [1.29, 1.82) is 0 Å². The minimum atomic E-state index is -0.504. The summed E-state index contributed by atoms with van der Waals surface area (Å²) in [7, 11) is -1.51. The van der Waals surface area contributed by atoms with Gasteiger partial charge < -0.3 is 13.7 Å². The average Bonchev–Trinajstić information content (AvgIpc) is 2.67. The lowest BCUT2D eigenvalue weighted by Crippen LogP contribution is -2.62. The van der Waals surface area contributed by atoms with Gasteiger partial charge in [0.2, 0.25) is 0 Å². The third kappa shape index (κ3) is 4.27. The lowest BCUT2D eigenvalue weighted by molar-refractivity contribution is 0.308. The second-order valence-corrected chi connectivity index (χ2v) is 8.48. The molecule has 0 bridgehead atoms. The van der Waals surface area contributed by atoms with Gasteiger partial charge in [0.05, 0.1) is 0 Å². The van der Waals surface area contributed by atoms with Crippen molar-refractivity contribution in [3.05, 3.63) is 88.0 Å². The van der Waals surface area contributed by atoms with Gasteiger partial charge in [0.1, 0.15) is 0 Å². The lowest BCUT2D eigenvalue weighted by Gasteiger charge is -2.33. The van der Waals surface area contributed by atoms with E-state index in [1.54, 1.807) is 0 Å². The molecule has 30 heavy (non-hydrogen) atoms. The van der Waals surface area contributed by atoms with Crippen LogP contribution in [-0.4, -0.2) is 21.4 Å². The molecule has 150 valence electrons. The van der Waals surface area contributed by atoms with E-state index < -0.39 is 21.4 Å². The fourth-order valence-corrected chi connectivity index (χ4v) is 4.14.